The van der Waals surface area contributed by atoms with Crippen molar-refractivity contribution in [3.8, 4) is 0 Å². The van der Waals surface area contributed by atoms with Crippen molar-refractivity contribution in [1.82, 2.24) is 10.1 Å². The molecular formula is C9H12N2O. The second-order valence-corrected chi connectivity index (χ2v) is 4.08. The average molecular weight is 164 g/mol. The third-order valence-electron chi connectivity index (χ3n) is 2.83. The molecule has 2 saturated carbocycles. The summed E-state index contributed by atoms with van der Waals surface area (Å²) in [4.78, 5) is 4.41. The SMILES string of the molecule is C[C@@H]1C[C@H]1c1nc(C2CC2)no1. The lowest BCUT2D eigenvalue weighted by atomic mass is 10.3. The van der Waals surface area contributed by atoms with Gasteiger partial charge >= 0.3 is 0 Å². The van der Waals surface area contributed by atoms with E-state index in [1.165, 1.54) is 19.3 Å². The average Bonchev–Trinajstić information content (AvgIpc) is 2.96. The summed E-state index contributed by atoms with van der Waals surface area (Å²) in [6.07, 6.45) is 3.73. The molecular weight excluding hydrogens is 152 g/mol. The van der Waals surface area contributed by atoms with E-state index >= 15 is 0 Å². The van der Waals surface area contributed by atoms with Crippen molar-refractivity contribution in [2.24, 2.45) is 5.92 Å². The van der Waals surface area contributed by atoms with Gasteiger partial charge in [-0.15, -0.1) is 0 Å². The first-order valence-electron chi connectivity index (χ1n) is 4.68. The van der Waals surface area contributed by atoms with E-state index in [9.17, 15) is 0 Å². The third kappa shape index (κ3) is 0.958. The van der Waals surface area contributed by atoms with Crippen LogP contribution in [0.5, 0.6) is 0 Å². The van der Waals surface area contributed by atoms with Crippen LogP contribution in [0, 0.1) is 5.92 Å². The van der Waals surface area contributed by atoms with Gasteiger partial charge in [0.2, 0.25) is 5.89 Å². The van der Waals surface area contributed by atoms with Gasteiger partial charge < -0.3 is 4.52 Å². The smallest absolute Gasteiger partial charge is 0.230 e. The Hall–Kier alpha value is -0.860. The molecule has 1 heterocycles. The van der Waals surface area contributed by atoms with Crippen LogP contribution in [0.3, 0.4) is 0 Å². The maximum atomic E-state index is 5.20. The van der Waals surface area contributed by atoms with Gasteiger partial charge in [-0.25, -0.2) is 0 Å². The highest BCUT2D eigenvalue weighted by Gasteiger charge is 2.40. The van der Waals surface area contributed by atoms with E-state index in [1.54, 1.807) is 0 Å². The van der Waals surface area contributed by atoms with Crippen LogP contribution in [0.2, 0.25) is 0 Å². The van der Waals surface area contributed by atoms with Gasteiger partial charge in [-0.05, 0) is 25.2 Å². The molecule has 0 unspecified atom stereocenters. The molecule has 0 amide bonds. The van der Waals surface area contributed by atoms with E-state index in [0.29, 0.717) is 11.8 Å². The van der Waals surface area contributed by atoms with Crippen molar-refractivity contribution in [3.05, 3.63) is 11.7 Å². The lowest BCUT2D eigenvalue weighted by Crippen LogP contribution is -1.83. The van der Waals surface area contributed by atoms with Crippen molar-refractivity contribution < 1.29 is 4.52 Å². The van der Waals surface area contributed by atoms with E-state index in [1.807, 2.05) is 0 Å². The topological polar surface area (TPSA) is 38.9 Å². The van der Waals surface area contributed by atoms with Gasteiger partial charge in [0.05, 0.1) is 0 Å². The van der Waals surface area contributed by atoms with E-state index in [0.717, 1.165) is 17.6 Å². The molecule has 0 aromatic carbocycles. The van der Waals surface area contributed by atoms with Gasteiger partial charge in [0.15, 0.2) is 5.82 Å². The first-order valence-corrected chi connectivity index (χ1v) is 4.68. The highest BCUT2D eigenvalue weighted by Crippen LogP contribution is 2.47. The molecule has 3 rings (SSSR count). The maximum absolute atomic E-state index is 5.20. The summed E-state index contributed by atoms with van der Waals surface area (Å²) in [6.45, 7) is 2.23. The standard InChI is InChI=1S/C9H12N2O/c1-5-4-7(5)9-10-8(11-12-9)6-2-3-6/h5-7H,2-4H2,1H3/t5-,7-/m1/s1. The fourth-order valence-electron chi connectivity index (χ4n) is 1.57. The molecule has 0 bridgehead atoms. The minimum absolute atomic E-state index is 0.574. The lowest BCUT2D eigenvalue weighted by Gasteiger charge is -1.83. The Morgan fingerprint density at radius 2 is 2.17 bits per heavy atom. The van der Waals surface area contributed by atoms with Crippen LogP contribution in [0.15, 0.2) is 4.52 Å². The number of nitrogens with zero attached hydrogens (tertiary/aromatic N) is 2. The molecule has 1 aromatic heterocycles. The third-order valence-corrected chi connectivity index (χ3v) is 2.83. The molecule has 64 valence electrons. The summed E-state index contributed by atoms with van der Waals surface area (Å²) >= 11 is 0. The van der Waals surface area contributed by atoms with Crippen molar-refractivity contribution in [2.45, 2.75) is 38.0 Å². The quantitative estimate of drug-likeness (QED) is 0.671. The van der Waals surface area contributed by atoms with Gasteiger partial charge in [0, 0.05) is 11.8 Å². The molecule has 12 heavy (non-hydrogen) atoms. The first kappa shape index (κ1) is 6.63. The summed E-state index contributed by atoms with van der Waals surface area (Å²) in [5.41, 5.74) is 0. The zero-order valence-electron chi connectivity index (χ0n) is 7.16. The molecule has 3 nitrogen and oxygen atoms in total. The van der Waals surface area contributed by atoms with Crippen LogP contribution >= 0.6 is 0 Å². The maximum Gasteiger partial charge on any atom is 0.230 e. The summed E-state index contributed by atoms with van der Waals surface area (Å²) < 4.78 is 5.20. The van der Waals surface area contributed by atoms with Gasteiger partial charge in [0.1, 0.15) is 0 Å². The monoisotopic (exact) mass is 164 g/mol. The molecule has 3 heteroatoms. The Kier molecular flexibility index (Phi) is 1.15. The van der Waals surface area contributed by atoms with E-state index in [4.69, 9.17) is 4.52 Å². The Morgan fingerprint density at radius 1 is 1.42 bits per heavy atom. The van der Waals surface area contributed by atoms with E-state index < -0.39 is 0 Å². The van der Waals surface area contributed by atoms with Gasteiger partial charge in [-0.1, -0.05) is 12.1 Å². The Labute approximate surface area is 71.2 Å². The summed E-state index contributed by atoms with van der Waals surface area (Å²) in [5, 5.41) is 3.99. The van der Waals surface area contributed by atoms with Gasteiger partial charge in [-0.2, -0.15) is 4.98 Å². The fraction of sp³-hybridized carbons (Fsp3) is 0.778. The molecule has 0 aliphatic heterocycles. The number of rotatable bonds is 2. The largest absolute Gasteiger partial charge is 0.339 e. The van der Waals surface area contributed by atoms with Crippen LogP contribution in [0.1, 0.15) is 49.7 Å². The molecule has 2 aliphatic rings. The summed E-state index contributed by atoms with van der Waals surface area (Å²) in [6, 6.07) is 0. The summed E-state index contributed by atoms with van der Waals surface area (Å²) in [7, 11) is 0. The fourth-order valence-corrected chi connectivity index (χ4v) is 1.57. The molecule has 2 atom stereocenters. The molecule has 1 aromatic rings. The zero-order valence-corrected chi connectivity index (χ0v) is 7.16. The predicted molar refractivity (Wildman–Crippen MR) is 42.8 cm³/mol. The van der Waals surface area contributed by atoms with Crippen LogP contribution in [-0.4, -0.2) is 10.1 Å². The predicted octanol–water partition coefficient (Wildman–Crippen LogP) is 2.07. The number of aromatic nitrogens is 2. The van der Waals surface area contributed by atoms with Crippen LogP contribution in [0.25, 0.3) is 0 Å². The van der Waals surface area contributed by atoms with Crippen molar-refractivity contribution in [1.29, 1.82) is 0 Å². The Balaban J connectivity index is 1.83. The van der Waals surface area contributed by atoms with Crippen LogP contribution < -0.4 is 0 Å². The molecule has 0 spiro atoms. The molecule has 2 fully saturated rings. The number of hydrogen-bond acceptors (Lipinski definition) is 3. The normalized spacial score (nSPS) is 33.8. The molecule has 0 radical (unpaired) electrons. The minimum Gasteiger partial charge on any atom is -0.339 e. The van der Waals surface area contributed by atoms with Crippen molar-refractivity contribution in [2.75, 3.05) is 0 Å². The van der Waals surface area contributed by atoms with Gasteiger partial charge in [0.25, 0.3) is 0 Å². The van der Waals surface area contributed by atoms with Crippen molar-refractivity contribution >= 4 is 0 Å². The summed E-state index contributed by atoms with van der Waals surface area (Å²) in [5.74, 6) is 3.78. The molecule has 0 N–H and O–H groups in total. The first-order chi connectivity index (χ1) is 5.84. The second kappa shape index (κ2) is 2.09. The van der Waals surface area contributed by atoms with Gasteiger partial charge in [-0.3, -0.25) is 0 Å². The van der Waals surface area contributed by atoms with Crippen molar-refractivity contribution in [3.63, 3.8) is 0 Å². The zero-order chi connectivity index (χ0) is 8.13. The van der Waals surface area contributed by atoms with E-state index in [2.05, 4.69) is 17.1 Å². The number of hydrogen-bond donors (Lipinski definition) is 0. The minimum atomic E-state index is 0.574. The molecule has 0 saturated heterocycles. The Morgan fingerprint density at radius 3 is 2.75 bits per heavy atom. The van der Waals surface area contributed by atoms with Crippen LogP contribution in [-0.2, 0) is 0 Å². The highest BCUT2D eigenvalue weighted by atomic mass is 16.5. The second-order valence-electron chi connectivity index (χ2n) is 4.08. The lowest BCUT2D eigenvalue weighted by molar-refractivity contribution is 0.371. The van der Waals surface area contributed by atoms with Crippen LogP contribution in [0.4, 0.5) is 0 Å². The Bertz CT molecular complexity index is 303. The highest BCUT2D eigenvalue weighted by molar-refractivity contribution is 5.10. The van der Waals surface area contributed by atoms with E-state index in [-0.39, 0.29) is 0 Å². The molecule has 2 aliphatic carbocycles.